The molecule has 1 N–H and O–H groups in total. The van der Waals surface area contributed by atoms with Crippen molar-refractivity contribution in [2.75, 3.05) is 6.54 Å². The van der Waals surface area contributed by atoms with E-state index in [2.05, 4.69) is 4.72 Å². The van der Waals surface area contributed by atoms with Crippen LogP contribution in [-0.2, 0) is 16.2 Å². The molecule has 5 nitrogen and oxygen atoms in total. The van der Waals surface area contributed by atoms with Gasteiger partial charge in [0.1, 0.15) is 4.90 Å². The van der Waals surface area contributed by atoms with Gasteiger partial charge in [-0.05, 0) is 30.5 Å². The number of nitrogens with one attached hydrogen (secondary N) is 1. The van der Waals surface area contributed by atoms with Crippen molar-refractivity contribution >= 4 is 21.6 Å². The van der Waals surface area contributed by atoms with Crippen LogP contribution < -0.4 is 4.72 Å². The third kappa shape index (κ3) is 4.37. The average Bonchev–Trinajstić information content (AvgIpc) is 2.88. The maximum absolute atomic E-state index is 12.8. The minimum absolute atomic E-state index is 0.130. The number of sulfonamides is 1. The first-order valence-corrected chi connectivity index (χ1v) is 9.37. The number of nitrogens with zero attached hydrogens (tertiary/aromatic N) is 2. The Kier molecular flexibility index (Phi) is 5.56. The van der Waals surface area contributed by atoms with Crippen LogP contribution in [-0.4, -0.2) is 31.9 Å². The fraction of sp³-hybridized carbons (Fsp3) is 0.533. The molecule has 2 unspecified atom stereocenters. The second-order valence-electron chi connectivity index (χ2n) is 6.26. The molecule has 25 heavy (non-hydrogen) atoms. The van der Waals surface area contributed by atoms with Gasteiger partial charge in [0, 0.05) is 18.6 Å². The summed E-state index contributed by atoms with van der Waals surface area (Å²) in [5.41, 5.74) is -1.09. The Bertz CT molecular complexity index is 790. The van der Waals surface area contributed by atoms with E-state index in [9.17, 15) is 21.6 Å². The lowest BCUT2D eigenvalue weighted by atomic mass is 10.0. The average molecular weight is 396 g/mol. The van der Waals surface area contributed by atoms with Crippen LogP contribution >= 0.6 is 11.6 Å². The number of alkyl halides is 3. The predicted molar refractivity (Wildman–Crippen MR) is 86.1 cm³/mol. The van der Waals surface area contributed by atoms with Crippen molar-refractivity contribution in [3.05, 3.63) is 28.8 Å². The van der Waals surface area contributed by atoms with Gasteiger partial charge in [0.2, 0.25) is 10.0 Å². The lowest BCUT2D eigenvalue weighted by Gasteiger charge is -2.21. The van der Waals surface area contributed by atoms with E-state index in [1.54, 1.807) is 0 Å². The topological polar surface area (TPSA) is 73.2 Å². The van der Waals surface area contributed by atoms with E-state index in [1.165, 1.54) is 4.90 Å². The second kappa shape index (κ2) is 7.02. The van der Waals surface area contributed by atoms with Crippen LogP contribution in [0.25, 0.3) is 0 Å². The Hall–Kier alpha value is -1.50. The Morgan fingerprint density at radius 3 is 2.52 bits per heavy atom. The minimum Gasteiger partial charge on any atom is -0.306 e. The molecular formula is C15H17ClF3N3O2S. The normalized spacial score (nSPS) is 21.6. The molecule has 0 amide bonds. The molecule has 1 fully saturated rings. The molecule has 0 aliphatic carbocycles. The molecule has 1 heterocycles. The first-order chi connectivity index (χ1) is 11.5. The van der Waals surface area contributed by atoms with Gasteiger partial charge in [-0.25, -0.2) is 13.1 Å². The fourth-order valence-corrected chi connectivity index (χ4v) is 4.63. The number of hydrogen-bond donors (Lipinski definition) is 1. The summed E-state index contributed by atoms with van der Waals surface area (Å²) in [5, 5.41) is 8.85. The first-order valence-electron chi connectivity index (χ1n) is 7.51. The van der Waals surface area contributed by atoms with E-state index in [0.29, 0.717) is 12.5 Å². The molecule has 0 saturated carbocycles. The Labute approximate surface area is 149 Å². The number of rotatable bonds is 4. The molecule has 1 aromatic rings. The Balaban J connectivity index is 2.28. The van der Waals surface area contributed by atoms with Gasteiger partial charge in [-0.1, -0.05) is 25.4 Å². The number of hydrogen-bond acceptors (Lipinski definition) is 4. The van der Waals surface area contributed by atoms with Crippen LogP contribution in [0.4, 0.5) is 13.2 Å². The van der Waals surface area contributed by atoms with Gasteiger partial charge in [0.15, 0.2) is 6.19 Å². The third-order valence-corrected chi connectivity index (χ3v) is 6.11. The van der Waals surface area contributed by atoms with Crippen LogP contribution in [0.5, 0.6) is 0 Å². The van der Waals surface area contributed by atoms with Crippen LogP contribution in [0, 0.1) is 17.4 Å². The quantitative estimate of drug-likeness (QED) is 0.794. The molecule has 0 spiro atoms. The second-order valence-corrected chi connectivity index (χ2v) is 8.35. The summed E-state index contributed by atoms with van der Waals surface area (Å²) in [7, 11) is -4.26. The molecule has 2 rings (SSSR count). The zero-order valence-electron chi connectivity index (χ0n) is 13.5. The molecule has 0 radical (unpaired) electrons. The van der Waals surface area contributed by atoms with E-state index in [-0.39, 0.29) is 23.5 Å². The van der Waals surface area contributed by atoms with E-state index >= 15 is 0 Å². The lowest BCUT2D eigenvalue weighted by Crippen LogP contribution is -2.36. The van der Waals surface area contributed by atoms with Crippen LogP contribution in [0.15, 0.2) is 23.1 Å². The van der Waals surface area contributed by atoms with Crippen molar-refractivity contribution < 1.29 is 21.6 Å². The van der Waals surface area contributed by atoms with Crippen molar-refractivity contribution in [3.63, 3.8) is 0 Å². The van der Waals surface area contributed by atoms with Gasteiger partial charge in [0.25, 0.3) is 0 Å². The van der Waals surface area contributed by atoms with Crippen molar-refractivity contribution in [2.45, 2.75) is 43.4 Å². The number of benzene rings is 1. The molecule has 2 atom stereocenters. The highest BCUT2D eigenvalue weighted by Crippen LogP contribution is 2.34. The standard InChI is InChI=1S/C15H17ClF3N3O2S/c1-9(2)13-6-11(7-22(13)8-20)21-25(23,24)14-5-10(15(17,18)19)3-4-12(14)16/h3-5,9,11,13,21H,6-7H2,1-2H3. The summed E-state index contributed by atoms with van der Waals surface area (Å²) in [6.45, 7) is 3.99. The van der Waals surface area contributed by atoms with Crippen molar-refractivity contribution in [2.24, 2.45) is 5.92 Å². The summed E-state index contributed by atoms with van der Waals surface area (Å²) in [6, 6.07) is 1.44. The fourth-order valence-electron chi connectivity index (χ4n) is 2.87. The summed E-state index contributed by atoms with van der Waals surface area (Å²) in [6.07, 6.45) is -2.27. The zero-order valence-corrected chi connectivity index (χ0v) is 15.1. The zero-order chi connectivity index (χ0) is 19.0. The van der Waals surface area contributed by atoms with E-state index < -0.39 is 32.7 Å². The molecule has 0 aromatic heterocycles. The SMILES string of the molecule is CC(C)C1CC(NS(=O)(=O)c2cc(C(F)(F)F)ccc2Cl)CN1C#N. The molecule has 1 aliphatic rings. The molecule has 0 bridgehead atoms. The van der Waals surface area contributed by atoms with Gasteiger partial charge < -0.3 is 4.90 Å². The maximum Gasteiger partial charge on any atom is 0.416 e. The van der Waals surface area contributed by atoms with Crippen LogP contribution in [0.2, 0.25) is 5.02 Å². The third-order valence-electron chi connectivity index (χ3n) is 4.11. The van der Waals surface area contributed by atoms with Crippen LogP contribution in [0.1, 0.15) is 25.8 Å². The van der Waals surface area contributed by atoms with Gasteiger partial charge in [-0.15, -0.1) is 0 Å². The molecule has 138 valence electrons. The largest absolute Gasteiger partial charge is 0.416 e. The smallest absolute Gasteiger partial charge is 0.306 e. The number of nitriles is 1. The van der Waals surface area contributed by atoms with E-state index in [0.717, 1.165) is 12.1 Å². The number of halogens is 4. The highest BCUT2D eigenvalue weighted by atomic mass is 35.5. The summed E-state index contributed by atoms with van der Waals surface area (Å²) >= 11 is 5.80. The van der Waals surface area contributed by atoms with Crippen molar-refractivity contribution in [1.82, 2.24) is 9.62 Å². The molecule has 1 saturated heterocycles. The molecule has 1 aliphatic heterocycles. The molecular weight excluding hydrogens is 379 g/mol. The highest BCUT2D eigenvalue weighted by molar-refractivity contribution is 7.89. The monoisotopic (exact) mass is 395 g/mol. The van der Waals surface area contributed by atoms with E-state index in [1.807, 2.05) is 20.0 Å². The van der Waals surface area contributed by atoms with Crippen molar-refractivity contribution in [3.8, 4) is 6.19 Å². The van der Waals surface area contributed by atoms with Gasteiger partial charge in [0.05, 0.1) is 10.6 Å². The summed E-state index contributed by atoms with van der Waals surface area (Å²) in [4.78, 5) is 0.853. The van der Waals surface area contributed by atoms with E-state index in [4.69, 9.17) is 16.9 Å². The van der Waals surface area contributed by atoms with Crippen molar-refractivity contribution in [1.29, 1.82) is 5.26 Å². The number of likely N-dealkylation sites (tertiary alicyclic amines) is 1. The van der Waals surface area contributed by atoms with Gasteiger partial charge >= 0.3 is 6.18 Å². The maximum atomic E-state index is 12.8. The Morgan fingerprint density at radius 2 is 2.04 bits per heavy atom. The predicted octanol–water partition coefficient (Wildman–Crippen LogP) is 3.22. The summed E-state index contributed by atoms with van der Waals surface area (Å²) < 4.78 is 65.8. The van der Waals surface area contributed by atoms with Gasteiger partial charge in [-0.3, -0.25) is 0 Å². The lowest BCUT2D eigenvalue weighted by molar-refractivity contribution is -0.137. The minimum atomic E-state index is -4.68. The molecule has 10 heteroatoms. The Morgan fingerprint density at radius 1 is 1.40 bits per heavy atom. The van der Waals surface area contributed by atoms with Crippen LogP contribution in [0.3, 0.4) is 0 Å². The van der Waals surface area contributed by atoms with Gasteiger partial charge in [-0.2, -0.15) is 18.4 Å². The molecule has 1 aromatic carbocycles. The highest BCUT2D eigenvalue weighted by Gasteiger charge is 2.37. The summed E-state index contributed by atoms with van der Waals surface area (Å²) in [5.74, 6) is 0.131. The first kappa shape index (κ1) is 19.8.